The Bertz CT molecular complexity index is 557. The van der Waals surface area contributed by atoms with Crippen molar-refractivity contribution in [3.63, 3.8) is 0 Å². The fourth-order valence-corrected chi connectivity index (χ4v) is 3.70. The highest BCUT2D eigenvalue weighted by Gasteiger charge is 2.50. The van der Waals surface area contributed by atoms with E-state index in [-0.39, 0.29) is 17.5 Å². The average molecular weight is 288 g/mol. The summed E-state index contributed by atoms with van der Waals surface area (Å²) >= 11 is 0. The van der Waals surface area contributed by atoms with Gasteiger partial charge >= 0.3 is 0 Å². The van der Waals surface area contributed by atoms with Crippen molar-refractivity contribution in [1.29, 1.82) is 5.41 Å². The molecule has 0 spiro atoms. The molecule has 1 aromatic rings. The second kappa shape index (κ2) is 5.20. The first-order valence-electron chi connectivity index (χ1n) is 7.91. The van der Waals surface area contributed by atoms with Gasteiger partial charge in [0.1, 0.15) is 5.54 Å². The predicted octanol–water partition coefficient (Wildman–Crippen LogP) is 3.00. The molecule has 1 saturated carbocycles. The zero-order chi connectivity index (χ0) is 15.0. The largest absolute Gasteiger partial charge is 0.367 e. The second-order valence-corrected chi connectivity index (χ2v) is 6.55. The Hall–Kier alpha value is -1.78. The van der Waals surface area contributed by atoms with Gasteiger partial charge in [-0.25, -0.2) is 0 Å². The highest BCUT2D eigenvalue weighted by atomic mass is 16.1. The zero-order valence-electron chi connectivity index (χ0n) is 12.8. The molecule has 0 aromatic carbocycles. The maximum Gasteiger partial charge on any atom is 0.255 e. The van der Waals surface area contributed by atoms with E-state index in [9.17, 15) is 4.79 Å². The van der Waals surface area contributed by atoms with Crippen LogP contribution in [0.2, 0.25) is 0 Å². The Balaban J connectivity index is 1.85. The van der Waals surface area contributed by atoms with Crippen LogP contribution in [0.3, 0.4) is 0 Å². The van der Waals surface area contributed by atoms with Crippen LogP contribution in [-0.2, 0) is 5.54 Å². The molecule has 2 aliphatic rings. The van der Waals surface area contributed by atoms with Crippen LogP contribution in [0.25, 0.3) is 0 Å². The Morgan fingerprint density at radius 3 is 2.76 bits per heavy atom. The molecule has 1 atom stereocenters. The highest BCUT2D eigenvalue weighted by Crippen LogP contribution is 2.50. The van der Waals surface area contributed by atoms with Crippen molar-refractivity contribution in [2.45, 2.75) is 57.5 Å². The van der Waals surface area contributed by atoms with E-state index in [2.05, 4.69) is 15.6 Å². The van der Waals surface area contributed by atoms with Crippen molar-refractivity contribution in [3.8, 4) is 0 Å². The summed E-state index contributed by atoms with van der Waals surface area (Å²) in [5.74, 6) is 0.396. The van der Waals surface area contributed by atoms with Crippen molar-refractivity contribution in [3.05, 3.63) is 17.5 Å². The third-order valence-corrected chi connectivity index (χ3v) is 4.77. The SMILES string of the molecule is CC(C)NC(=O)c1c[nH]c2c1NC2(C=N)C1CCCCC1. The highest BCUT2D eigenvalue weighted by molar-refractivity contribution is 6.04. The van der Waals surface area contributed by atoms with E-state index in [0.717, 1.165) is 24.2 Å². The van der Waals surface area contributed by atoms with Crippen molar-refractivity contribution in [1.82, 2.24) is 10.3 Å². The van der Waals surface area contributed by atoms with E-state index in [1.165, 1.54) is 25.5 Å². The minimum Gasteiger partial charge on any atom is -0.367 e. The maximum absolute atomic E-state index is 12.2. The van der Waals surface area contributed by atoms with E-state index in [4.69, 9.17) is 5.41 Å². The number of aromatic amines is 1. The summed E-state index contributed by atoms with van der Waals surface area (Å²) < 4.78 is 0. The normalized spacial score (nSPS) is 24.9. The van der Waals surface area contributed by atoms with E-state index in [1.54, 1.807) is 6.20 Å². The third kappa shape index (κ3) is 2.15. The molecule has 4 N–H and O–H groups in total. The topological polar surface area (TPSA) is 80.8 Å². The molecular formula is C16H24N4O. The molecule has 5 nitrogen and oxygen atoms in total. The van der Waals surface area contributed by atoms with Crippen LogP contribution in [0, 0.1) is 11.3 Å². The number of rotatable bonds is 4. The number of H-pyrrole nitrogens is 1. The minimum absolute atomic E-state index is 0.0581. The molecule has 1 aliphatic heterocycles. The molecule has 21 heavy (non-hydrogen) atoms. The first kappa shape index (κ1) is 14.2. The van der Waals surface area contributed by atoms with Crippen LogP contribution in [0.4, 0.5) is 5.69 Å². The van der Waals surface area contributed by atoms with Gasteiger partial charge in [-0.1, -0.05) is 19.3 Å². The third-order valence-electron chi connectivity index (χ3n) is 4.77. The molecule has 1 amide bonds. The summed E-state index contributed by atoms with van der Waals surface area (Å²) in [5.41, 5.74) is 2.17. The lowest BCUT2D eigenvalue weighted by Crippen LogP contribution is -2.52. The average Bonchev–Trinajstić information content (AvgIpc) is 2.79. The number of hydrogen-bond acceptors (Lipinski definition) is 3. The minimum atomic E-state index is -0.383. The molecule has 0 saturated heterocycles. The lowest BCUT2D eigenvalue weighted by molar-refractivity contribution is 0.0943. The molecule has 2 heterocycles. The molecular weight excluding hydrogens is 264 g/mol. The summed E-state index contributed by atoms with van der Waals surface area (Å²) in [4.78, 5) is 15.4. The Morgan fingerprint density at radius 1 is 1.43 bits per heavy atom. The van der Waals surface area contributed by atoms with Gasteiger partial charge in [-0.3, -0.25) is 4.79 Å². The van der Waals surface area contributed by atoms with Gasteiger partial charge in [0.2, 0.25) is 0 Å². The Labute approximate surface area is 125 Å². The molecule has 114 valence electrons. The van der Waals surface area contributed by atoms with E-state index in [1.807, 2.05) is 13.8 Å². The van der Waals surface area contributed by atoms with Crippen LogP contribution in [-0.4, -0.2) is 23.1 Å². The van der Waals surface area contributed by atoms with Gasteiger partial charge in [0.15, 0.2) is 0 Å². The predicted molar refractivity (Wildman–Crippen MR) is 84.1 cm³/mol. The number of anilines is 1. The number of carbonyl (C=O) groups is 1. The van der Waals surface area contributed by atoms with Crippen LogP contribution in [0.1, 0.15) is 62.0 Å². The lowest BCUT2D eigenvalue weighted by Gasteiger charge is -2.47. The van der Waals surface area contributed by atoms with E-state index < -0.39 is 0 Å². The fourth-order valence-electron chi connectivity index (χ4n) is 3.70. The monoisotopic (exact) mass is 288 g/mol. The number of nitrogens with one attached hydrogen (secondary N) is 4. The van der Waals surface area contributed by atoms with Crippen LogP contribution in [0.5, 0.6) is 0 Å². The molecule has 0 radical (unpaired) electrons. The van der Waals surface area contributed by atoms with Crippen LogP contribution < -0.4 is 10.6 Å². The molecule has 1 unspecified atom stereocenters. The van der Waals surface area contributed by atoms with Gasteiger partial charge in [-0.05, 0) is 32.6 Å². The van der Waals surface area contributed by atoms with Crippen LogP contribution >= 0.6 is 0 Å². The number of fused-ring (bicyclic) bond motifs is 1. The summed E-state index contributed by atoms with van der Waals surface area (Å²) in [6.45, 7) is 3.91. The number of amides is 1. The molecule has 1 aromatic heterocycles. The van der Waals surface area contributed by atoms with Gasteiger partial charge in [0.05, 0.1) is 16.9 Å². The summed E-state index contributed by atoms with van der Waals surface area (Å²) in [5, 5.41) is 14.2. The van der Waals surface area contributed by atoms with E-state index >= 15 is 0 Å². The van der Waals surface area contributed by atoms with Crippen molar-refractivity contribution in [2.75, 3.05) is 5.32 Å². The van der Waals surface area contributed by atoms with Crippen molar-refractivity contribution >= 4 is 17.8 Å². The maximum atomic E-state index is 12.2. The first-order chi connectivity index (χ1) is 10.1. The Morgan fingerprint density at radius 2 is 2.14 bits per heavy atom. The zero-order valence-corrected chi connectivity index (χ0v) is 12.8. The number of carbonyl (C=O) groups excluding carboxylic acids is 1. The van der Waals surface area contributed by atoms with Gasteiger partial charge in [-0.15, -0.1) is 0 Å². The molecule has 1 fully saturated rings. The standard InChI is InChI=1S/C16H24N4O/c1-10(2)19-15(21)12-8-18-14-13(12)20-16(14,9-17)11-6-4-3-5-7-11/h8-11,17-18,20H,3-7H2,1-2H3,(H,19,21). The number of aromatic nitrogens is 1. The van der Waals surface area contributed by atoms with Crippen LogP contribution in [0.15, 0.2) is 6.20 Å². The van der Waals surface area contributed by atoms with Gasteiger partial charge in [-0.2, -0.15) is 0 Å². The molecule has 0 bridgehead atoms. The number of hydrogen-bond donors (Lipinski definition) is 4. The Kier molecular flexibility index (Phi) is 3.51. The molecule has 3 rings (SSSR count). The van der Waals surface area contributed by atoms with Gasteiger partial charge < -0.3 is 21.0 Å². The molecule has 1 aliphatic carbocycles. The lowest BCUT2D eigenvalue weighted by atomic mass is 9.69. The summed E-state index contributed by atoms with van der Waals surface area (Å²) in [7, 11) is 0. The summed E-state index contributed by atoms with van der Waals surface area (Å²) in [6, 6.07) is 0.119. The van der Waals surface area contributed by atoms with E-state index in [0.29, 0.717) is 11.5 Å². The quantitative estimate of drug-likeness (QED) is 0.642. The first-order valence-corrected chi connectivity index (χ1v) is 7.91. The second-order valence-electron chi connectivity index (χ2n) is 6.55. The van der Waals surface area contributed by atoms with Gasteiger partial charge in [0, 0.05) is 18.5 Å². The fraction of sp³-hybridized carbons (Fsp3) is 0.625. The summed E-state index contributed by atoms with van der Waals surface area (Å²) in [6.07, 6.45) is 9.35. The molecule has 5 heteroatoms. The van der Waals surface area contributed by atoms with Gasteiger partial charge in [0.25, 0.3) is 5.91 Å². The van der Waals surface area contributed by atoms with Crippen molar-refractivity contribution in [2.24, 2.45) is 5.92 Å². The van der Waals surface area contributed by atoms with Crippen molar-refractivity contribution < 1.29 is 4.79 Å². The smallest absolute Gasteiger partial charge is 0.255 e.